The lowest BCUT2D eigenvalue weighted by atomic mass is 9.48. The van der Waals surface area contributed by atoms with E-state index in [1.54, 1.807) is 18.2 Å². The van der Waals surface area contributed by atoms with Gasteiger partial charge in [-0.1, -0.05) is 11.6 Å². The van der Waals surface area contributed by atoms with E-state index in [0.717, 1.165) is 17.8 Å². The van der Waals surface area contributed by atoms with Crippen molar-refractivity contribution in [2.24, 2.45) is 23.2 Å². The van der Waals surface area contributed by atoms with Gasteiger partial charge < -0.3 is 15.4 Å². The number of carbonyl (C=O) groups excluding carboxylic acids is 2. The standard InChI is InChI=1S/C21H27ClN2O3/c1-12(21-9-13-5-14(10-21)7-15(6-13)11-21)23-19(25)20(26)24-17-8-16(22)3-4-18(17)27-2/h3-4,8,12-15H,5-7,9-11H2,1-2H3,(H,23,25)(H,24,26). The van der Waals surface area contributed by atoms with Crippen LogP contribution in [0.3, 0.4) is 0 Å². The number of anilines is 1. The molecule has 27 heavy (non-hydrogen) atoms. The Morgan fingerprint density at radius 3 is 2.26 bits per heavy atom. The predicted octanol–water partition coefficient (Wildman–Crippen LogP) is 4.01. The molecule has 5 rings (SSSR count). The highest BCUT2D eigenvalue weighted by Crippen LogP contribution is 2.61. The van der Waals surface area contributed by atoms with Crippen molar-refractivity contribution in [1.29, 1.82) is 0 Å². The highest BCUT2D eigenvalue weighted by atomic mass is 35.5. The summed E-state index contributed by atoms with van der Waals surface area (Å²) in [6.07, 6.45) is 7.62. The first kappa shape index (κ1) is 18.6. The monoisotopic (exact) mass is 390 g/mol. The average Bonchev–Trinajstić information content (AvgIpc) is 2.60. The summed E-state index contributed by atoms with van der Waals surface area (Å²) >= 11 is 5.99. The Kier molecular flexibility index (Phi) is 4.83. The highest BCUT2D eigenvalue weighted by Gasteiger charge is 2.53. The second-order valence-electron chi connectivity index (χ2n) is 8.77. The van der Waals surface area contributed by atoms with Crippen molar-refractivity contribution in [3.8, 4) is 5.75 Å². The van der Waals surface area contributed by atoms with Crippen molar-refractivity contribution in [1.82, 2.24) is 5.32 Å². The second-order valence-corrected chi connectivity index (χ2v) is 9.21. The summed E-state index contributed by atoms with van der Waals surface area (Å²) < 4.78 is 5.22. The van der Waals surface area contributed by atoms with Crippen molar-refractivity contribution in [2.75, 3.05) is 12.4 Å². The molecule has 0 heterocycles. The Morgan fingerprint density at radius 2 is 1.70 bits per heavy atom. The predicted molar refractivity (Wildman–Crippen MR) is 105 cm³/mol. The number of ether oxygens (including phenoxy) is 1. The Balaban J connectivity index is 1.42. The summed E-state index contributed by atoms with van der Waals surface area (Å²) in [5.74, 6) is 1.60. The molecule has 1 unspecified atom stereocenters. The Morgan fingerprint density at radius 1 is 1.11 bits per heavy atom. The maximum Gasteiger partial charge on any atom is 0.313 e. The number of benzene rings is 1. The molecule has 1 atom stereocenters. The zero-order valence-corrected chi connectivity index (χ0v) is 16.6. The van der Waals surface area contributed by atoms with Gasteiger partial charge in [0.2, 0.25) is 0 Å². The normalized spacial score (nSPS) is 32.0. The van der Waals surface area contributed by atoms with E-state index in [2.05, 4.69) is 17.6 Å². The third-order valence-corrected chi connectivity index (χ3v) is 7.20. The average molecular weight is 391 g/mol. The fourth-order valence-electron chi connectivity index (χ4n) is 6.08. The molecule has 4 bridgehead atoms. The van der Waals surface area contributed by atoms with E-state index in [0.29, 0.717) is 16.5 Å². The number of hydrogen-bond acceptors (Lipinski definition) is 3. The Labute approximate surface area is 165 Å². The topological polar surface area (TPSA) is 67.4 Å². The van der Waals surface area contributed by atoms with E-state index in [9.17, 15) is 9.59 Å². The van der Waals surface area contributed by atoms with Crippen LogP contribution in [0.15, 0.2) is 18.2 Å². The van der Waals surface area contributed by atoms with E-state index in [4.69, 9.17) is 16.3 Å². The third kappa shape index (κ3) is 3.54. The van der Waals surface area contributed by atoms with E-state index < -0.39 is 11.8 Å². The van der Waals surface area contributed by atoms with E-state index in [1.165, 1.54) is 45.6 Å². The molecule has 4 aliphatic rings. The molecule has 6 heteroatoms. The fraction of sp³-hybridized carbons (Fsp3) is 0.619. The van der Waals surface area contributed by atoms with Gasteiger partial charge in [-0.25, -0.2) is 0 Å². The zero-order chi connectivity index (χ0) is 19.2. The first-order chi connectivity index (χ1) is 12.9. The van der Waals surface area contributed by atoms with Gasteiger partial charge >= 0.3 is 11.8 Å². The van der Waals surface area contributed by atoms with Crippen LogP contribution < -0.4 is 15.4 Å². The van der Waals surface area contributed by atoms with Crippen LogP contribution in [0.1, 0.15) is 45.4 Å². The van der Waals surface area contributed by atoms with Gasteiger partial charge in [-0.05, 0) is 86.8 Å². The molecule has 5 nitrogen and oxygen atoms in total. The molecule has 0 radical (unpaired) electrons. The van der Waals surface area contributed by atoms with Gasteiger partial charge in [0.15, 0.2) is 0 Å². The van der Waals surface area contributed by atoms with Gasteiger partial charge in [0, 0.05) is 11.1 Å². The number of methoxy groups -OCH3 is 1. The summed E-state index contributed by atoms with van der Waals surface area (Å²) in [6.45, 7) is 2.07. The SMILES string of the molecule is COc1ccc(Cl)cc1NC(=O)C(=O)NC(C)C12CC3CC(CC(C3)C1)C2. The van der Waals surface area contributed by atoms with Gasteiger partial charge in [-0.2, -0.15) is 0 Å². The molecule has 4 fully saturated rings. The summed E-state index contributed by atoms with van der Waals surface area (Å²) in [7, 11) is 1.51. The largest absolute Gasteiger partial charge is 0.495 e. The number of nitrogens with one attached hydrogen (secondary N) is 2. The van der Waals surface area contributed by atoms with Crippen molar-refractivity contribution in [3.05, 3.63) is 23.2 Å². The van der Waals surface area contributed by atoms with Gasteiger partial charge in [0.05, 0.1) is 12.8 Å². The van der Waals surface area contributed by atoms with Crippen LogP contribution >= 0.6 is 11.6 Å². The third-order valence-electron chi connectivity index (χ3n) is 6.97. The molecule has 4 saturated carbocycles. The maximum absolute atomic E-state index is 12.5. The number of amides is 2. The van der Waals surface area contributed by atoms with Gasteiger partial charge in [-0.3, -0.25) is 9.59 Å². The molecular formula is C21H27ClN2O3. The van der Waals surface area contributed by atoms with Crippen molar-refractivity contribution >= 4 is 29.1 Å². The minimum Gasteiger partial charge on any atom is -0.495 e. The van der Waals surface area contributed by atoms with Crippen molar-refractivity contribution < 1.29 is 14.3 Å². The van der Waals surface area contributed by atoms with Crippen LogP contribution in [0.5, 0.6) is 5.75 Å². The summed E-state index contributed by atoms with van der Waals surface area (Å²) in [4.78, 5) is 25.0. The van der Waals surface area contributed by atoms with Crippen LogP contribution in [0.2, 0.25) is 5.02 Å². The van der Waals surface area contributed by atoms with E-state index >= 15 is 0 Å². The van der Waals surface area contributed by atoms with E-state index in [-0.39, 0.29) is 11.5 Å². The van der Waals surface area contributed by atoms with Crippen LogP contribution in [-0.2, 0) is 9.59 Å². The molecule has 0 aromatic heterocycles. The molecule has 0 saturated heterocycles. The minimum absolute atomic E-state index is 0.00501. The lowest BCUT2D eigenvalue weighted by Crippen LogP contribution is -2.57. The molecule has 1 aromatic carbocycles. The molecule has 2 N–H and O–H groups in total. The van der Waals surface area contributed by atoms with Crippen molar-refractivity contribution in [3.63, 3.8) is 0 Å². The molecule has 0 spiro atoms. The molecule has 2 amide bonds. The van der Waals surface area contributed by atoms with Gasteiger partial charge in [0.25, 0.3) is 0 Å². The maximum atomic E-state index is 12.5. The van der Waals surface area contributed by atoms with Crippen LogP contribution in [-0.4, -0.2) is 25.0 Å². The number of rotatable bonds is 4. The Bertz CT molecular complexity index is 729. The smallest absolute Gasteiger partial charge is 0.313 e. The molecule has 0 aliphatic heterocycles. The van der Waals surface area contributed by atoms with Crippen molar-refractivity contribution in [2.45, 2.75) is 51.5 Å². The Hall–Kier alpha value is -1.75. The fourth-order valence-corrected chi connectivity index (χ4v) is 6.25. The summed E-state index contributed by atoms with van der Waals surface area (Å²) in [6, 6.07) is 4.91. The van der Waals surface area contributed by atoms with Gasteiger partial charge in [-0.15, -0.1) is 0 Å². The lowest BCUT2D eigenvalue weighted by molar-refractivity contribution is -0.138. The quantitative estimate of drug-likeness (QED) is 0.763. The zero-order valence-electron chi connectivity index (χ0n) is 15.9. The minimum atomic E-state index is -0.688. The first-order valence-electron chi connectivity index (χ1n) is 9.84. The van der Waals surface area contributed by atoms with Crippen LogP contribution in [0.4, 0.5) is 5.69 Å². The van der Waals surface area contributed by atoms with E-state index in [1.807, 2.05) is 0 Å². The number of hydrogen-bond donors (Lipinski definition) is 2. The summed E-state index contributed by atoms with van der Waals surface area (Å²) in [5, 5.41) is 6.07. The van der Waals surface area contributed by atoms with Crippen LogP contribution in [0.25, 0.3) is 0 Å². The second kappa shape index (κ2) is 7.01. The lowest BCUT2D eigenvalue weighted by Gasteiger charge is -2.59. The molecule has 1 aromatic rings. The molecular weight excluding hydrogens is 364 g/mol. The highest BCUT2D eigenvalue weighted by molar-refractivity contribution is 6.40. The van der Waals surface area contributed by atoms with Gasteiger partial charge in [0.1, 0.15) is 5.75 Å². The number of halogens is 1. The van der Waals surface area contributed by atoms with Crippen LogP contribution in [0, 0.1) is 23.2 Å². The summed E-state index contributed by atoms with van der Waals surface area (Å²) in [5.41, 5.74) is 0.561. The molecule has 4 aliphatic carbocycles. The number of carbonyl (C=O) groups is 2. The first-order valence-corrected chi connectivity index (χ1v) is 10.2. The molecule has 146 valence electrons.